The Morgan fingerprint density at radius 1 is 1.33 bits per heavy atom. The van der Waals surface area contributed by atoms with Crippen molar-refractivity contribution in [2.24, 2.45) is 5.92 Å². The zero-order chi connectivity index (χ0) is 8.55. The number of fused-ring (bicyclic) bond motifs is 2. The van der Waals surface area contributed by atoms with Crippen LogP contribution in [0.3, 0.4) is 0 Å². The van der Waals surface area contributed by atoms with Gasteiger partial charge in [-0.25, -0.2) is 0 Å². The van der Waals surface area contributed by atoms with Gasteiger partial charge in [0.15, 0.2) is 0 Å². The summed E-state index contributed by atoms with van der Waals surface area (Å²) in [5, 5.41) is 13.8. The molecule has 0 aromatic heterocycles. The second-order valence-electron chi connectivity index (χ2n) is 4.05. The Morgan fingerprint density at radius 2 is 1.92 bits per heavy atom. The maximum absolute atomic E-state index is 10.4. The molecular weight excluding hydrogens is 154 g/mol. The van der Waals surface area contributed by atoms with Crippen molar-refractivity contribution in [1.82, 2.24) is 5.32 Å². The number of carbonyl (C=O) groups excluding carboxylic acids is 1. The molecule has 0 aromatic rings. The van der Waals surface area contributed by atoms with E-state index in [-0.39, 0.29) is 6.42 Å². The van der Waals surface area contributed by atoms with Gasteiger partial charge >= 0.3 is 0 Å². The van der Waals surface area contributed by atoms with Crippen LogP contribution in [0.2, 0.25) is 0 Å². The average Bonchev–Trinajstić information content (AvgIpc) is 2.29. The van der Waals surface area contributed by atoms with Crippen molar-refractivity contribution in [3.63, 3.8) is 0 Å². The molecule has 3 nitrogen and oxygen atoms in total. The van der Waals surface area contributed by atoms with Crippen LogP contribution >= 0.6 is 0 Å². The van der Waals surface area contributed by atoms with Gasteiger partial charge in [-0.15, -0.1) is 0 Å². The van der Waals surface area contributed by atoms with Crippen molar-refractivity contribution in [2.75, 3.05) is 0 Å². The molecule has 2 atom stereocenters. The minimum absolute atomic E-state index is 0.259. The van der Waals surface area contributed by atoms with E-state index in [0.717, 1.165) is 12.8 Å². The third-order valence-electron chi connectivity index (χ3n) is 3.03. The van der Waals surface area contributed by atoms with Gasteiger partial charge in [0.25, 0.3) is 0 Å². The zero-order valence-electron chi connectivity index (χ0n) is 7.08. The van der Waals surface area contributed by atoms with Crippen molar-refractivity contribution in [2.45, 2.75) is 44.2 Å². The van der Waals surface area contributed by atoms with E-state index in [1.807, 2.05) is 0 Å². The maximum Gasteiger partial charge on any atom is 0.0417 e. The second kappa shape index (κ2) is 3.05. The first-order valence-electron chi connectivity index (χ1n) is 4.70. The molecule has 2 aliphatic heterocycles. The molecule has 2 rings (SSSR count). The van der Waals surface area contributed by atoms with E-state index in [4.69, 9.17) is 0 Å². The Kier molecular flexibility index (Phi) is 2.05. The average molecular weight is 168 g/mol. The number of carbonyl (C=O) groups is 1. The molecule has 2 unspecified atom stereocenters. The van der Waals surface area contributed by atoms with Crippen molar-refractivity contribution in [1.29, 1.82) is 0 Å². The second-order valence-corrected chi connectivity index (χ2v) is 4.05. The number of hydrogen-bond acceptors (Lipinski definition) is 3. The van der Waals surface area contributed by atoms with Gasteiger partial charge in [0.1, 0.15) is 0 Å². The standard InChI is InChI=1S/C9H15NO2/c11-9(12)5-6-3-7-1-2-8(4-6)10-7/h6-8,10H,1-5H2,(H,11,12)/p-1. The molecule has 2 fully saturated rings. The van der Waals surface area contributed by atoms with Crippen molar-refractivity contribution in [3.8, 4) is 0 Å². The van der Waals surface area contributed by atoms with Crippen LogP contribution in [-0.4, -0.2) is 18.1 Å². The lowest BCUT2D eigenvalue weighted by molar-refractivity contribution is -0.307. The summed E-state index contributed by atoms with van der Waals surface area (Å²) in [6, 6.07) is 1.18. The topological polar surface area (TPSA) is 52.2 Å². The predicted octanol–water partition coefficient (Wildman–Crippen LogP) is -0.343. The van der Waals surface area contributed by atoms with Crippen molar-refractivity contribution >= 4 is 5.97 Å². The lowest BCUT2D eigenvalue weighted by Crippen LogP contribution is -2.39. The number of carboxylic acids is 1. The third kappa shape index (κ3) is 1.61. The van der Waals surface area contributed by atoms with E-state index >= 15 is 0 Å². The fraction of sp³-hybridized carbons (Fsp3) is 0.889. The van der Waals surface area contributed by atoms with Crippen LogP contribution < -0.4 is 10.4 Å². The van der Waals surface area contributed by atoms with Crippen LogP contribution in [0.25, 0.3) is 0 Å². The molecule has 0 aromatic carbocycles. The van der Waals surface area contributed by atoms with Gasteiger partial charge in [-0.05, 0) is 38.0 Å². The van der Waals surface area contributed by atoms with Crippen molar-refractivity contribution < 1.29 is 9.90 Å². The first-order valence-corrected chi connectivity index (χ1v) is 4.70. The minimum atomic E-state index is -0.888. The van der Waals surface area contributed by atoms with E-state index in [9.17, 15) is 9.90 Å². The number of nitrogens with one attached hydrogen (secondary N) is 1. The third-order valence-corrected chi connectivity index (χ3v) is 3.03. The maximum atomic E-state index is 10.4. The van der Waals surface area contributed by atoms with Crippen LogP contribution in [0.1, 0.15) is 32.1 Å². The highest BCUT2D eigenvalue weighted by molar-refractivity contribution is 5.64. The summed E-state index contributed by atoms with van der Waals surface area (Å²) in [5.74, 6) is -0.518. The van der Waals surface area contributed by atoms with E-state index in [2.05, 4.69) is 5.32 Å². The molecule has 0 saturated carbocycles. The predicted molar refractivity (Wildman–Crippen MR) is 42.3 cm³/mol. The van der Waals surface area contributed by atoms with Gasteiger partial charge in [0.05, 0.1) is 0 Å². The molecule has 0 amide bonds. The van der Waals surface area contributed by atoms with E-state index in [1.54, 1.807) is 0 Å². The Morgan fingerprint density at radius 3 is 2.42 bits per heavy atom. The summed E-state index contributed by atoms with van der Waals surface area (Å²) in [5.41, 5.74) is 0. The molecule has 1 N–H and O–H groups in total. The van der Waals surface area contributed by atoms with E-state index in [0.29, 0.717) is 18.0 Å². The number of carboxylic acid groups (broad SMARTS) is 1. The molecule has 0 spiro atoms. The Bertz CT molecular complexity index is 181. The monoisotopic (exact) mass is 168 g/mol. The fourth-order valence-corrected chi connectivity index (χ4v) is 2.58. The van der Waals surface area contributed by atoms with Gasteiger partial charge in [0.2, 0.25) is 0 Å². The Hall–Kier alpha value is -0.570. The first-order chi connectivity index (χ1) is 5.74. The minimum Gasteiger partial charge on any atom is -0.550 e. The summed E-state index contributed by atoms with van der Waals surface area (Å²) in [6.45, 7) is 0. The summed E-state index contributed by atoms with van der Waals surface area (Å²) in [4.78, 5) is 10.4. The highest BCUT2D eigenvalue weighted by Gasteiger charge is 2.32. The van der Waals surface area contributed by atoms with Gasteiger partial charge in [-0.3, -0.25) is 0 Å². The van der Waals surface area contributed by atoms with Crippen molar-refractivity contribution in [3.05, 3.63) is 0 Å². The smallest absolute Gasteiger partial charge is 0.0417 e. The molecule has 68 valence electrons. The van der Waals surface area contributed by atoms with Crippen LogP contribution in [0.4, 0.5) is 0 Å². The molecule has 3 heteroatoms. The number of piperidine rings is 1. The van der Waals surface area contributed by atoms with Gasteiger partial charge in [-0.1, -0.05) is 0 Å². The van der Waals surface area contributed by atoms with Gasteiger partial charge in [0, 0.05) is 18.1 Å². The lowest BCUT2D eigenvalue weighted by Gasteiger charge is -2.29. The normalized spacial score (nSPS) is 39.8. The SMILES string of the molecule is O=C([O-])CC1CC2CCC(C1)N2. The van der Waals surface area contributed by atoms with Crippen LogP contribution in [-0.2, 0) is 4.79 Å². The highest BCUT2D eigenvalue weighted by atomic mass is 16.4. The summed E-state index contributed by atoms with van der Waals surface area (Å²) >= 11 is 0. The summed E-state index contributed by atoms with van der Waals surface area (Å²) < 4.78 is 0. The van der Waals surface area contributed by atoms with Crippen LogP contribution in [0.5, 0.6) is 0 Å². The van der Waals surface area contributed by atoms with Gasteiger partial charge in [-0.2, -0.15) is 0 Å². The van der Waals surface area contributed by atoms with E-state index < -0.39 is 5.97 Å². The number of aliphatic carboxylic acids is 1. The summed E-state index contributed by atoms with van der Waals surface area (Å²) in [6.07, 6.45) is 4.78. The quantitative estimate of drug-likeness (QED) is 0.613. The van der Waals surface area contributed by atoms with E-state index in [1.165, 1.54) is 12.8 Å². The van der Waals surface area contributed by atoms with Crippen LogP contribution in [0, 0.1) is 5.92 Å². The molecule has 2 bridgehead atoms. The summed E-state index contributed by atoms with van der Waals surface area (Å²) in [7, 11) is 0. The zero-order valence-corrected chi connectivity index (χ0v) is 7.08. The lowest BCUT2D eigenvalue weighted by atomic mass is 9.90. The molecule has 12 heavy (non-hydrogen) atoms. The molecule has 2 aliphatic rings. The Balaban J connectivity index is 1.89. The largest absolute Gasteiger partial charge is 0.550 e. The molecule has 2 saturated heterocycles. The molecule has 0 radical (unpaired) electrons. The number of rotatable bonds is 2. The molecule has 2 heterocycles. The molecular formula is C9H14NO2-. The molecule has 0 aliphatic carbocycles. The van der Waals surface area contributed by atoms with Gasteiger partial charge < -0.3 is 15.2 Å². The highest BCUT2D eigenvalue weighted by Crippen LogP contribution is 2.32. The number of hydrogen-bond donors (Lipinski definition) is 1. The Labute approximate surface area is 72.2 Å². The fourth-order valence-electron chi connectivity index (χ4n) is 2.58. The first kappa shape index (κ1) is 8.05. The van der Waals surface area contributed by atoms with Crippen LogP contribution in [0.15, 0.2) is 0 Å².